The number of halogens is 3. The molecule has 1 atom stereocenters. The molecule has 0 radical (unpaired) electrons. The molecule has 0 aromatic heterocycles. The second kappa shape index (κ2) is 5.21. The molecule has 16 heavy (non-hydrogen) atoms. The average molecular weight is 268 g/mol. The van der Waals surface area contributed by atoms with Gasteiger partial charge in [-0.25, -0.2) is 4.39 Å². The van der Waals surface area contributed by atoms with Crippen LogP contribution in [-0.4, -0.2) is 5.11 Å². The molecule has 5 heteroatoms. The molecule has 0 aliphatic carbocycles. The Labute approximate surface area is 106 Å². The van der Waals surface area contributed by atoms with E-state index in [1.54, 1.807) is 0 Å². The smallest absolute Gasteiger partial charge is 0.166 e. The van der Waals surface area contributed by atoms with E-state index < -0.39 is 17.6 Å². The number of rotatable bonds is 1. The van der Waals surface area contributed by atoms with Crippen LogP contribution in [0.15, 0.2) is 12.1 Å². The molecule has 0 spiro atoms. The molecule has 1 aromatic rings. The molecule has 0 aliphatic rings. The summed E-state index contributed by atoms with van der Waals surface area (Å²) in [5.74, 6) is -1.15. The molecule has 0 bridgehead atoms. The van der Waals surface area contributed by atoms with Gasteiger partial charge in [-0.15, -0.1) is 12.4 Å². The van der Waals surface area contributed by atoms with Gasteiger partial charge < -0.3 is 10.8 Å². The van der Waals surface area contributed by atoms with E-state index in [-0.39, 0.29) is 22.8 Å². The molecule has 3 N–H and O–H groups in total. The van der Waals surface area contributed by atoms with E-state index in [0.29, 0.717) is 5.56 Å². The molecule has 0 amide bonds. The first-order chi connectivity index (χ1) is 6.73. The minimum absolute atomic E-state index is 0. The van der Waals surface area contributed by atoms with Gasteiger partial charge in [-0.1, -0.05) is 32.4 Å². The Bertz CT molecular complexity index is 377. The zero-order valence-corrected chi connectivity index (χ0v) is 11.0. The Kier molecular flexibility index (Phi) is 5.05. The van der Waals surface area contributed by atoms with Gasteiger partial charge >= 0.3 is 0 Å². The highest BCUT2D eigenvalue weighted by Crippen LogP contribution is 2.37. The minimum atomic E-state index is -0.739. The fourth-order valence-electron chi connectivity index (χ4n) is 1.29. The van der Waals surface area contributed by atoms with Gasteiger partial charge in [0, 0.05) is 16.6 Å². The Hall–Kier alpha value is -0.510. The molecular formula is C11H16Cl2FNO. The molecule has 1 aromatic carbocycles. The second-order valence-corrected chi connectivity index (χ2v) is 5.11. The molecule has 1 rings (SSSR count). The van der Waals surface area contributed by atoms with Gasteiger partial charge in [0.15, 0.2) is 11.6 Å². The largest absolute Gasteiger partial charge is 0.505 e. The molecule has 0 aliphatic heterocycles. The quantitative estimate of drug-likeness (QED) is 0.816. The van der Waals surface area contributed by atoms with Crippen molar-refractivity contribution in [3.8, 4) is 5.75 Å². The summed E-state index contributed by atoms with van der Waals surface area (Å²) in [5.41, 5.74) is 6.00. The molecule has 2 nitrogen and oxygen atoms in total. The topological polar surface area (TPSA) is 46.2 Å². The molecule has 0 heterocycles. The number of phenols is 1. The molecule has 0 saturated carbocycles. The predicted octanol–water partition coefficient (Wildman–Crippen LogP) is 3.65. The number of hydrogen-bond donors (Lipinski definition) is 2. The van der Waals surface area contributed by atoms with Gasteiger partial charge in [-0.3, -0.25) is 0 Å². The van der Waals surface area contributed by atoms with E-state index >= 15 is 0 Å². The Morgan fingerprint density at radius 2 is 1.88 bits per heavy atom. The molecule has 0 fully saturated rings. The Morgan fingerprint density at radius 1 is 1.38 bits per heavy atom. The Morgan fingerprint density at radius 3 is 2.31 bits per heavy atom. The number of hydrogen-bond acceptors (Lipinski definition) is 2. The van der Waals surface area contributed by atoms with Gasteiger partial charge in [0.2, 0.25) is 0 Å². The number of aromatic hydroxyl groups is 1. The second-order valence-electron chi connectivity index (χ2n) is 4.67. The summed E-state index contributed by atoms with van der Waals surface area (Å²) in [5, 5.41) is 9.78. The van der Waals surface area contributed by atoms with Crippen molar-refractivity contribution in [3.63, 3.8) is 0 Å². The maximum Gasteiger partial charge on any atom is 0.166 e. The molecule has 92 valence electrons. The van der Waals surface area contributed by atoms with E-state index in [1.165, 1.54) is 6.07 Å². The van der Waals surface area contributed by atoms with Crippen LogP contribution >= 0.6 is 24.0 Å². The number of benzene rings is 1. The number of nitrogens with two attached hydrogens (primary N) is 1. The van der Waals surface area contributed by atoms with E-state index in [1.807, 2.05) is 20.8 Å². The standard InChI is InChI=1S/C11H15ClFNO.ClH/c1-11(2,3)10(14)7-4-6(12)5-8(13)9(7)15;/h4-5,10,15H,14H2,1-3H3;1H/t10-;/m1./s1. The Balaban J connectivity index is 0.00000225. The summed E-state index contributed by atoms with van der Waals surface area (Å²) >= 11 is 5.71. The van der Waals surface area contributed by atoms with Gasteiger partial charge in [0.1, 0.15) is 0 Å². The summed E-state index contributed by atoms with van der Waals surface area (Å²) < 4.78 is 13.2. The van der Waals surface area contributed by atoms with E-state index in [2.05, 4.69) is 0 Å². The zero-order chi connectivity index (χ0) is 11.8. The molecule has 0 saturated heterocycles. The van der Waals surface area contributed by atoms with Gasteiger partial charge in [0.05, 0.1) is 0 Å². The maximum absolute atomic E-state index is 13.2. The average Bonchev–Trinajstić information content (AvgIpc) is 2.08. The number of phenolic OH excluding ortho intramolecular Hbond substituents is 1. The minimum Gasteiger partial charge on any atom is -0.505 e. The van der Waals surface area contributed by atoms with Crippen LogP contribution in [-0.2, 0) is 0 Å². The lowest BCUT2D eigenvalue weighted by Gasteiger charge is -2.28. The predicted molar refractivity (Wildman–Crippen MR) is 66.7 cm³/mol. The van der Waals surface area contributed by atoms with Crippen LogP contribution in [0, 0.1) is 11.2 Å². The van der Waals surface area contributed by atoms with E-state index in [4.69, 9.17) is 17.3 Å². The SMILES string of the molecule is CC(C)(C)[C@H](N)c1cc(Cl)cc(F)c1O.Cl. The third-order valence-electron chi connectivity index (χ3n) is 2.33. The lowest BCUT2D eigenvalue weighted by atomic mass is 9.83. The van der Waals surface area contributed by atoms with Crippen LogP contribution in [0.2, 0.25) is 5.02 Å². The first-order valence-corrected chi connectivity index (χ1v) is 5.04. The van der Waals surface area contributed by atoms with E-state index in [0.717, 1.165) is 6.07 Å². The fraction of sp³-hybridized carbons (Fsp3) is 0.455. The van der Waals surface area contributed by atoms with E-state index in [9.17, 15) is 9.50 Å². The van der Waals surface area contributed by atoms with Crippen LogP contribution in [0.3, 0.4) is 0 Å². The summed E-state index contributed by atoms with van der Waals surface area (Å²) in [4.78, 5) is 0. The van der Waals surface area contributed by atoms with Crippen molar-refractivity contribution in [2.24, 2.45) is 11.1 Å². The molecular weight excluding hydrogens is 252 g/mol. The summed E-state index contributed by atoms with van der Waals surface area (Å²) in [6, 6.07) is 2.09. The van der Waals surface area contributed by atoms with Gasteiger partial charge in [-0.05, 0) is 17.5 Å². The highest BCUT2D eigenvalue weighted by atomic mass is 35.5. The van der Waals surface area contributed by atoms with Crippen LogP contribution in [0.1, 0.15) is 32.4 Å². The fourth-order valence-corrected chi connectivity index (χ4v) is 1.50. The summed E-state index contributed by atoms with van der Waals surface area (Å²) in [7, 11) is 0. The zero-order valence-electron chi connectivity index (χ0n) is 9.42. The monoisotopic (exact) mass is 267 g/mol. The lowest BCUT2D eigenvalue weighted by molar-refractivity contribution is 0.314. The maximum atomic E-state index is 13.2. The van der Waals surface area contributed by atoms with Crippen molar-refractivity contribution in [2.45, 2.75) is 26.8 Å². The molecule has 0 unspecified atom stereocenters. The highest BCUT2D eigenvalue weighted by molar-refractivity contribution is 6.30. The van der Waals surface area contributed by atoms with Crippen LogP contribution in [0.4, 0.5) is 4.39 Å². The highest BCUT2D eigenvalue weighted by Gasteiger charge is 2.26. The van der Waals surface area contributed by atoms with Crippen LogP contribution in [0.25, 0.3) is 0 Å². The van der Waals surface area contributed by atoms with Crippen molar-refractivity contribution in [1.82, 2.24) is 0 Å². The van der Waals surface area contributed by atoms with Crippen molar-refractivity contribution >= 4 is 24.0 Å². The van der Waals surface area contributed by atoms with Gasteiger partial charge in [0.25, 0.3) is 0 Å². The summed E-state index contributed by atoms with van der Waals surface area (Å²) in [6.07, 6.45) is 0. The van der Waals surface area contributed by atoms with Crippen molar-refractivity contribution < 1.29 is 9.50 Å². The van der Waals surface area contributed by atoms with Gasteiger partial charge in [-0.2, -0.15) is 0 Å². The van der Waals surface area contributed by atoms with Crippen molar-refractivity contribution in [2.75, 3.05) is 0 Å². The first-order valence-electron chi connectivity index (χ1n) is 4.67. The summed E-state index contributed by atoms with van der Waals surface area (Å²) in [6.45, 7) is 5.74. The normalized spacial score (nSPS) is 13.1. The van der Waals surface area contributed by atoms with Crippen molar-refractivity contribution in [3.05, 3.63) is 28.5 Å². The van der Waals surface area contributed by atoms with Crippen LogP contribution < -0.4 is 5.73 Å². The first kappa shape index (κ1) is 15.5. The lowest BCUT2D eigenvalue weighted by Crippen LogP contribution is -2.26. The van der Waals surface area contributed by atoms with Crippen LogP contribution in [0.5, 0.6) is 5.75 Å². The third-order valence-corrected chi connectivity index (χ3v) is 2.54. The third kappa shape index (κ3) is 3.24. The van der Waals surface area contributed by atoms with Crippen molar-refractivity contribution in [1.29, 1.82) is 0 Å².